The van der Waals surface area contributed by atoms with Crippen LogP contribution in [0.4, 0.5) is 10.1 Å². The van der Waals surface area contributed by atoms with E-state index in [9.17, 15) is 4.39 Å². The summed E-state index contributed by atoms with van der Waals surface area (Å²) < 4.78 is 18.8. The Labute approximate surface area is 126 Å². The first-order valence-electron chi connectivity index (χ1n) is 8.08. The standard InChI is InChI=1S/C17H25FN2O/c1-12(2)17-4-3-15(10-19-17)20-5-6-21-16(11-20)9-13-7-14(18)8-13/h3-4,10,12-14,16H,5-9,11H2,1-2H3/t13?,14?,16-/m1/s1. The fourth-order valence-electron chi connectivity index (χ4n) is 3.24. The number of ether oxygens (including phenoxy) is 1. The van der Waals surface area contributed by atoms with E-state index in [1.54, 1.807) is 0 Å². The monoisotopic (exact) mass is 292 g/mol. The number of pyridine rings is 1. The van der Waals surface area contributed by atoms with Crippen LogP contribution in [0, 0.1) is 5.92 Å². The number of alkyl halides is 1. The average Bonchev–Trinajstić information content (AvgIpc) is 2.46. The van der Waals surface area contributed by atoms with Crippen LogP contribution >= 0.6 is 0 Å². The minimum absolute atomic E-state index is 0.237. The van der Waals surface area contributed by atoms with Gasteiger partial charge in [-0.1, -0.05) is 13.8 Å². The fourth-order valence-corrected chi connectivity index (χ4v) is 3.24. The SMILES string of the molecule is CC(C)c1ccc(N2CCO[C@H](CC3CC(F)C3)C2)cn1. The Morgan fingerprint density at radius 1 is 1.38 bits per heavy atom. The van der Waals surface area contributed by atoms with Crippen LogP contribution in [0.25, 0.3) is 0 Å². The number of anilines is 1. The van der Waals surface area contributed by atoms with Crippen LogP contribution in [0.2, 0.25) is 0 Å². The van der Waals surface area contributed by atoms with Gasteiger partial charge >= 0.3 is 0 Å². The van der Waals surface area contributed by atoms with Crippen LogP contribution in [0.3, 0.4) is 0 Å². The topological polar surface area (TPSA) is 25.4 Å². The van der Waals surface area contributed by atoms with Gasteiger partial charge < -0.3 is 9.64 Å². The summed E-state index contributed by atoms with van der Waals surface area (Å²) in [6.07, 6.45) is 4.09. The van der Waals surface area contributed by atoms with Crippen LogP contribution in [0.15, 0.2) is 18.3 Å². The van der Waals surface area contributed by atoms with Crippen molar-refractivity contribution in [2.45, 2.75) is 51.3 Å². The van der Waals surface area contributed by atoms with E-state index < -0.39 is 6.17 Å². The normalized spacial score (nSPS) is 29.5. The Kier molecular flexibility index (Phi) is 4.43. The van der Waals surface area contributed by atoms with Crippen molar-refractivity contribution in [3.8, 4) is 0 Å². The highest BCUT2D eigenvalue weighted by atomic mass is 19.1. The van der Waals surface area contributed by atoms with Gasteiger partial charge in [0.25, 0.3) is 0 Å². The largest absolute Gasteiger partial charge is 0.375 e. The number of halogens is 1. The number of hydrogen-bond acceptors (Lipinski definition) is 3. The quantitative estimate of drug-likeness (QED) is 0.848. The lowest BCUT2D eigenvalue weighted by Crippen LogP contribution is -2.44. The van der Waals surface area contributed by atoms with Gasteiger partial charge in [0, 0.05) is 18.8 Å². The maximum Gasteiger partial charge on any atom is 0.101 e. The van der Waals surface area contributed by atoms with Gasteiger partial charge in [0.15, 0.2) is 0 Å². The van der Waals surface area contributed by atoms with E-state index in [2.05, 4.69) is 35.9 Å². The molecule has 116 valence electrons. The zero-order chi connectivity index (χ0) is 14.8. The van der Waals surface area contributed by atoms with Gasteiger partial charge in [-0.2, -0.15) is 0 Å². The molecule has 1 aromatic rings. The molecule has 2 aliphatic rings. The molecule has 1 aliphatic heterocycles. The summed E-state index contributed by atoms with van der Waals surface area (Å²) in [5.41, 5.74) is 2.30. The molecule has 0 spiro atoms. The molecule has 3 rings (SSSR count). The first-order valence-corrected chi connectivity index (χ1v) is 8.08. The molecule has 2 heterocycles. The molecule has 1 aliphatic carbocycles. The molecule has 2 fully saturated rings. The minimum atomic E-state index is -0.567. The van der Waals surface area contributed by atoms with Crippen LogP contribution in [-0.2, 0) is 4.74 Å². The van der Waals surface area contributed by atoms with Gasteiger partial charge in [0.05, 0.1) is 24.6 Å². The van der Waals surface area contributed by atoms with Crippen LogP contribution < -0.4 is 4.90 Å². The van der Waals surface area contributed by atoms with E-state index in [4.69, 9.17) is 4.74 Å². The molecule has 21 heavy (non-hydrogen) atoms. The smallest absolute Gasteiger partial charge is 0.101 e. The van der Waals surface area contributed by atoms with Crippen molar-refractivity contribution in [2.75, 3.05) is 24.6 Å². The Morgan fingerprint density at radius 2 is 2.19 bits per heavy atom. The van der Waals surface area contributed by atoms with E-state index in [0.29, 0.717) is 11.8 Å². The number of aromatic nitrogens is 1. The molecule has 1 saturated heterocycles. The van der Waals surface area contributed by atoms with Crippen molar-refractivity contribution in [3.63, 3.8) is 0 Å². The highest BCUT2D eigenvalue weighted by molar-refractivity contribution is 5.45. The molecule has 0 unspecified atom stereocenters. The molecule has 1 atom stereocenters. The molecule has 1 aromatic heterocycles. The highest BCUT2D eigenvalue weighted by Crippen LogP contribution is 2.35. The van der Waals surface area contributed by atoms with Crippen molar-refractivity contribution in [3.05, 3.63) is 24.0 Å². The predicted molar refractivity (Wildman–Crippen MR) is 82.5 cm³/mol. The van der Waals surface area contributed by atoms with E-state index in [1.165, 1.54) is 5.69 Å². The summed E-state index contributed by atoms with van der Waals surface area (Å²) in [5, 5.41) is 0. The molecule has 3 nitrogen and oxygen atoms in total. The molecule has 0 radical (unpaired) electrons. The summed E-state index contributed by atoms with van der Waals surface area (Å²) in [4.78, 5) is 6.89. The molecule has 4 heteroatoms. The first kappa shape index (κ1) is 14.8. The second kappa shape index (κ2) is 6.30. The van der Waals surface area contributed by atoms with Crippen molar-refractivity contribution in [2.24, 2.45) is 5.92 Å². The van der Waals surface area contributed by atoms with Crippen molar-refractivity contribution in [1.82, 2.24) is 4.98 Å². The van der Waals surface area contributed by atoms with Crippen molar-refractivity contribution < 1.29 is 9.13 Å². The molecular formula is C17H25FN2O. The van der Waals surface area contributed by atoms with E-state index >= 15 is 0 Å². The third-order valence-electron chi connectivity index (χ3n) is 4.64. The number of nitrogens with zero attached hydrogens (tertiary/aromatic N) is 2. The lowest BCUT2D eigenvalue weighted by molar-refractivity contribution is 0.00217. The van der Waals surface area contributed by atoms with Crippen molar-refractivity contribution in [1.29, 1.82) is 0 Å². The van der Waals surface area contributed by atoms with Gasteiger partial charge in [0.2, 0.25) is 0 Å². The summed E-state index contributed by atoms with van der Waals surface area (Å²) in [6.45, 7) is 6.88. The Balaban J connectivity index is 1.57. The molecule has 0 amide bonds. The van der Waals surface area contributed by atoms with Gasteiger partial charge in [0.1, 0.15) is 6.17 Å². The van der Waals surface area contributed by atoms with Gasteiger partial charge in [-0.05, 0) is 43.2 Å². The Bertz CT molecular complexity index is 456. The van der Waals surface area contributed by atoms with Crippen LogP contribution in [0.5, 0.6) is 0 Å². The van der Waals surface area contributed by atoms with E-state index in [-0.39, 0.29) is 6.10 Å². The van der Waals surface area contributed by atoms with E-state index in [0.717, 1.165) is 44.7 Å². The van der Waals surface area contributed by atoms with Crippen LogP contribution in [0.1, 0.15) is 44.7 Å². The fraction of sp³-hybridized carbons (Fsp3) is 0.706. The second-order valence-electron chi connectivity index (χ2n) is 6.71. The average molecular weight is 292 g/mol. The lowest BCUT2D eigenvalue weighted by Gasteiger charge is -2.38. The summed E-state index contributed by atoms with van der Waals surface area (Å²) in [6, 6.07) is 4.27. The number of rotatable bonds is 4. The summed E-state index contributed by atoms with van der Waals surface area (Å²) in [5.74, 6) is 0.982. The lowest BCUT2D eigenvalue weighted by atomic mass is 9.79. The zero-order valence-electron chi connectivity index (χ0n) is 13.0. The van der Waals surface area contributed by atoms with Gasteiger partial charge in [-0.3, -0.25) is 4.98 Å². The molecule has 0 aromatic carbocycles. The number of hydrogen-bond donors (Lipinski definition) is 0. The maximum atomic E-state index is 12.9. The first-order chi connectivity index (χ1) is 10.1. The molecule has 0 N–H and O–H groups in total. The Hall–Kier alpha value is -1.16. The maximum absolute atomic E-state index is 12.9. The third-order valence-corrected chi connectivity index (χ3v) is 4.64. The van der Waals surface area contributed by atoms with Crippen LogP contribution in [-0.4, -0.2) is 37.0 Å². The summed E-state index contributed by atoms with van der Waals surface area (Å²) in [7, 11) is 0. The molecule has 1 saturated carbocycles. The summed E-state index contributed by atoms with van der Waals surface area (Å²) >= 11 is 0. The third kappa shape index (κ3) is 3.54. The predicted octanol–water partition coefficient (Wildman–Crippen LogP) is 3.55. The molecule has 0 bridgehead atoms. The van der Waals surface area contributed by atoms with Gasteiger partial charge in [-0.25, -0.2) is 4.39 Å². The highest BCUT2D eigenvalue weighted by Gasteiger charge is 2.32. The number of morpholine rings is 1. The molecular weight excluding hydrogens is 267 g/mol. The second-order valence-corrected chi connectivity index (χ2v) is 6.71. The van der Waals surface area contributed by atoms with Gasteiger partial charge in [-0.15, -0.1) is 0 Å². The van der Waals surface area contributed by atoms with E-state index in [1.807, 2.05) is 6.20 Å². The Morgan fingerprint density at radius 3 is 2.81 bits per heavy atom. The van der Waals surface area contributed by atoms with Crippen molar-refractivity contribution >= 4 is 5.69 Å². The zero-order valence-corrected chi connectivity index (χ0v) is 13.0. The minimum Gasteiger partial charge on any atom is -0.375 e.